The van der Waals surface area contributed by atoms with Gasteiger partial charge in [0.25, 0.3) is 23.8 Å². The van der Waals surface area contributed by atoms with Crippen LogP contribution >= 0.6 is 0 Å². The van der Waals surface area contributed by atoms with Gasteiger partial charge < -0.3 is 24.4 Å². The molecule has 0 spiro atoms. The van der Waals surface area contributed by atoms with E-state index in [0.29, 0.717) is 37.5 Å². The Morgan fingerprint density at radius 1 is 1.15 bits per heavy atom. The predicted molar refractivity (Wildman–Crippen MR) is 116 cm³/mol. The fraction of sp³-hybridized carbons (Fsp3) is 0.348. The first kappa shape index (κ1) is 22.6. The third-order valence-corrected chi connectivity index (χ3v) is 5.65. The molecule has 1 atom stereocenters. The van der Waals surface area contributed by atoms with Crippen molar-refractivity contribution < 1.29 is 33.8 Å². The summed E-state index contributed by atoms with van der Waals surface area (Å²) in [6.45, 7) is 1.24. The first-order valence-electron chi connectivity index (χ1n) is 10.6. The molecule has 1 unspecified atom stereocenters. The van der Waals surface area contributed by atoms with Gasteiger partial charge in [0.2, 0.25) is 0 Å². The van der Waals surface area contributed by atoms with Gasteiger partial charge in [0.15, 0.2) is 0 Å². The van der Waals surface area contributed by atoms with Crippen molar-refractivity contribution in [2.45, 2.75) is 31.5 Å². The lowest BCUT2D eigenvalue weighted by molar-refractivity contribution is -0.139. The average molecular weight is 455 g/mol. The number of anilines is 1. The molecule has 2 aromatic carbocycles. The maximum absolute atomic E-state index is 13.4. The summed E-state index contributed by atoms with van der Waals surface area (Å²) in [7, 11) is 1.56. The molecule has 33 heavy (non-hydrogen) atoms. The van der Waals surface area contributed by atoms with E-state index in [1.807, 2.05) is 12.1 Å². The van der Waals surface area contributed by atoms with Crippen molar-refractivity contribution in [3.05, 3.63) is 53.6 Å². The minimum atomic E-state index is -1.36. The number of hydrogen-bond donors (Lipinski definition) is 3. The van der Waals surface area contributed by atoms with E-state index in [2.05, 4.69) is 5.32 Å². The van der Waals surface area contributed by atoms with Crippen LogP contribution in [0.5, 0.6) is 11.5 Å². The minimum absolute atomic E-state index is 0.0882. The smallest absolute Gasteiger partial charge is 0.278 e. The molecule has 1 fully saturated rings. The topological polar surface area (TPSA) is 126 Å². The summed E-state index contributed by atoms with van der Waals surface area (Å²) < 4.78 is 16.3. The van der Waals surface area contributed by atoms with Gasteiger partial charge in [-0.3, -0.25) is 19.6 Å². The number of hydrogen-bond acceptors (Lipinski definition) is 7. The molecule has 2 heterocycles. The standard InChI is InChI=1S/C23H25N3O7/c1-31-17-5-2-14(3-6-17)13-26-18-12-15(21(27)25-30)4-7-19(18)33-20(23(26)29)22(28)24-16-8-10-32-11-9-16/h2-7,12,16,20,30H,8-11,13H2,1H3,(H,24,28)(H,25,27). The van der Waals surface area contributed by atoms with Gasteiger partial charge in [-0.05, 0) is 48.7 Å². The van der Waals surface area contributed by atoms with Crippen LogP contribution in [-0.4, -0.2) is 55.4 Å². The number of carbonyl (C=O) groups excluding carboxylic acids is 3. The molecule has 0 radical (unpaired) electrons. The van der Waals surface area contributed by atoms with E-state index in [1.165, 1.54) is 23.1 Å². The highest BCUT2D eigenvalue weighted by molar-refractivity contribution is 6.13. The second-order valence-electron chi connectivity index (χ2n) is 7.79. The maximum Gasteiger partial charge on any atom is 0.278 e. The number of nitrogens with one attached hydrogen (secondary N) is 2. The molecule has 0 aromatic heterocycles. The second-order valence-corrected chi connectivity index (χ2v) is 7.79. The van der Waals surface area contributed by atoms with Crippen molar-refractivity contribution in [2.24, 2.45) is 0 Å². The third-order valence-electron chi connectivity index (χ3n) is 5.65. The summed E-state index contributed by atoms with van der Waals surface area (Å²) in [6, 6.07) is 11.5. The zero-order valence-corrected chi connectivity index (χ0v) is 18.1. The average Bonchev–Trinajstić information content (AvgIpc) is 2.85. The zero-order chi connectivity index (χ0) is 23.4. The van der Waals surface area contributed by atoms with Crippen LogP contribution in [0.25, 0.3) is 0 Å². The van der Waals surface area contributed by atoms with Gasteiger partial charge in [-0.2, -0.15) is 0 Å². The number of nitrogens with zero attached hydrogens (tertiary/aromatic N) is 1. The highest BCUT2D eigenvalue weighted by Crippen LogP contribution is 2.36. The second kappa shape index (κ2) is 9.88. The molecule has 4 rings (SSSR count). The van der Waals surface area contributed by atoms with E-state index >= 15 is 0 Å². The summed E-state index contributed by atoms with van der Waals surface area (Å²) in [6.07, 6.45) is -0.0345. The number of rotatable bonds is 6. The Balaban J connectivity index is 1.64. The quantitative estimate of drug-likeness (QED) is 0.341. The molecule has 0 bridgehead atoms. The van der Waals surface area contributed by atoms with Crippen LogP contribution < -0.4 is 25.2 Å². The molecule has 10 heteroatoms. The van der Waals surface area contributed by atoms with E-state index < -0.39 is 23.8 Å². The molecule has 174 valence electrons. The van der Waals surface area contributed by atoms with E-state index in [9.17, 15) is 14.4 Å². The first-order chi connectivity index (χ1) is 16.0. The van der Waals surface area contributed by atoms with Gasteiger partial charge in [0, 0.05) is 24.8 Å². The van der Waals surface area contributed by atoms with Gasteiger partial charge in [0.1, 0.15) is 11.5 Å². The fourth-order valence-corrected chi connectivity index (χ4v) is 3.83. The van der Waals surface area contributed by atoms with Crippen LogP contribution in [-0.2, 0) is 20.9 Å². The monoisotopic (exact) mass is 455 g/mol. The summed E-state index contributed by atoms with van der Waals surface area (Å²) in [4.78, 5) is 39.7. The van der Waals surface area contributed by atoms with Crippen molar-refractivity contribution in [2.75, 3.05) is 25.2 Å². The van der Waals surface area contributed by atoms with Crippen molar-refractivity contribution in [1.82, 2.24) is 10.8 Å². The predicted octanol–water partition coefficient (Wildman–Crippen LogP) is 1.40. The Kier molecular flexibility index (Phi) is 6.76. The highest BCUT2D eigenvalue weighted by Gasteiger charge is 2.40. The largest absolute Gasteiger partial charge is 0.497 e. The summed E-state index contributed by atoms with van der Waals surface area (Å²) in [5.74, 6) is -0.847. The van der Waals surface area contributed by atoms with E-state index in [0.717, 1.165) is 5.56 Å². The van der Waals surface area contributed by atoms with Crippen LogP contribution in [0.3, 0.4) is 0 Å². The molecule has 2 aromatic rings. The van der Waals surface area contributed by atoms with Crippen molar-refractivity contribution in [1.29, 1.82) is 0 Å². The normalized spacial score (nSPS) is 18.2. The molecule has 3 amide bonds. The number of hydroxylamine groups is 1. The molecular formula is C23H25N3O7. The zero-order valence-electron chi connectivity index (χ0n) is 18.1. The van der Waals surface area contributed by atoms with Gasteiger partial charge in [-0.25, -0.2) is 5.48 Å². The Hall–Kier alpha value is -3.63. The maximum atomic E-state index is 13.4. The lowest BCUT2D eigenvalue weighted by Crippen LogP contribution is -2.55. The lowest BCUT2D eigenvalue weighted by atomic mass is 10.1. The van der Waals surface area contributed by atoms with Crippen LogP contribution in [0.2, 0.25) is 0 Å². The molecule has 0 saturated carbocycles. The van der Waals surface area contributed by atoms with Crippen molar-refractivity contribution >= 4 is 23.4 Å². The van der Waals surface area contributed by atoms with Gasteiger partial charge in [-0.1, -0.05) is 12.1 Å². The number of benzene rings is 2. The fourth-order valence-electron chi connectivity index (χ4n) is 3.83. The molecule has 1 saturated heterocycles. The molecule has 3 N–H and O–H groups in total. The van der Waals surface area contributed by atoms with E-state index in [-0.39, 0.29) is 23.9 Å². The van der Waals surface area contributed by atoms with Crippen molar-refractivity contribution in [3.63, 3.8) is 0 Å². The number of ether oxygens (including phenoxy) is 3. The summed E-state index contributed by atoms with van der Waals surface area (Å²) in [5, 5.41) is 11.9. The van der Waals surface area contributed by atoms with Crippen molar-refractivity contribution in [3.8, 4) is 11.5 Å². The van der Waals surface area contributed by atoms with Gasteiger partial charge in [0.05, 0.1) is 19.3 Å². The first-order valence-corrected chi connectivity index (χ1v) is 10.6. The van der Waals surface area contributed by atoms with Crippen LogP contribution in [0.15, 0.2) is 42.5 Å². The summed E-state index contributed by atoms with van der Waals surface area (Å²) >= 11 is 0. The van der Waals surface area contributed by atoms with Gasteiger partial charge >= 0.3 is 0 Å². The Morgan fingerprint density at radius 2 is 1.88 bits per heavy atom. The number of fused-ring (bicyclic) bond motifs is 1. The van der Waals surface area contributed by atoms with Crippen LogP contribution in [0.4, 0.5) is 5.69 Å². The third kappa shape index (κ3) is 4.91. The number of amides is 3. The van der Waals surface area contributed by atoms with Crippen LogP contribution in [0.1, 0.15) is 28.8 Å². The highest BCUT2D eigenvalue weighted by atomic mass is 16.5. The SMILES string of the molecule is COc1ccc(CN2C(=O)C(C(=O)NC3CCOCC3)Oc3ccc(C(=O)NO)cc32)cc1. The number of carbonyl (C=O) groups is 3. The Bertz CT molecular complexity index is 1030. The van der Waals surface area contributed by atoms with E-state index in [1.54, 1.807) is 24.7 Å². The molecule has 0 aliphatic carbocycles. The Labute approximate surface area is 190 Å². The molecule has 2 aliphatic rings. The molecule has 2 aliphatic heterocycles. The molecular weight excluding hydrogens is 430 g/mol. The minimum Gasteiger partial charge on any atom is -0.497 e. The Morgan fingerprint density at radius 3 is 2.55 bits per heavy atom. The number of methoxy groups -OCH3 is 1. The summed E-state index contributed by atoms with van der Waals surface area (Å²) in [5.41, 5.74) is 2.83. The van der Waals surface area contributed by atoms with Gasteiger partial charge in [-0.15, -0.1) is 0 Å². The van der Waals surface area contributed by atoms with E-state index in [4.69, 9.17) is 19.4 Å². The van der Waals surface area contributed by atoms with Crippen LogP contribution in [0, 0.1) is 0 Å². The lowest BCUT2D eigenvalue weighted by Gasteiger charge is -2.35. The molecule has 10 nitrogen and oxygen atoms in total.